The van der Waals surface area contributed by atoms with Crippen molar-refractivity contribution in [3.63, 3.8) is 0 Å². The number of likely N-dealkylation sites (tertiary alicyclic amines) is 1. The largest absolute Gasteiger partial charge is 0.490 e. The molecule has 1 fully saturated rings. The molecule has 0 unspecified atom stereocenters. The fraction of sp³-hybridized carbons (Fsp3) is 0.529. The summed E-state index contributed by atoms with van der Waals surface area (Å²) in [7, 11) is 0. The minimum Gasteiger partial charge on any atom is -0.490 e. The van der Waals surface area contributed by atoms with Crippen molar-refractivity contribution in [2.75, 3.05) is 26.3 Å². The van der Waals surface area contributed by atoms with Gasteiger partial charge in [-0.1, -0.05) is 0 Å². The van der Waals surface area contributed by atoms with Gasteiger partial charge < -0.3 is 19.5 Å². The van der Waals surface area contributed by atoms with Gasteiger partial charge in [0.25, 0.3) is 5.91 Å². The van der Waals surface area contributed by atoms with Crippen LogP contribution in [-0.4, -0.2) is 48.2 Å². The number of amides is 1. The van der Waals surface area contributed by atoms with Crippen molar-refractivity contribution in [2.45, 2.75) is 27.2 Å². The van der Waals surface area contributed by atoms with Gasteiger partial charge in [0.2, 0.25) is 0 Å². The van der Waals surface area contributed by atoms with Gasteiger partial charge >= 0.3 is 5.97 Å². The maximum Gasteiger partial charge on any atom is 0.311 e. The SMILES string of the molecule is CCOc1ccc(C(=O)N2CC[C@](C)(C(=O)O)C2)cc1OCC. The first-order chi connectivity index (χ1) is 10.9. The third-order valence-corrected chi connectivity index (χ3v) is 4.07. The lowest BCUT2D eigenvalue weighted by molar-refractivity contribution is -0.147. The highest BCUT2D eigenvalue weighted by Crippen LogP contribution is 2.33. The number of carboxylic acid groups (broad SMARTS) is 1. The van der Waals surface area contributed by atoms with Crippen LogP contribution in [0.2, 0.25) is 0 Å². The van der Waals surface area contributed by atoms with E-state index in [0.717, 1.165) is 0 Å². The molecule has 0 bridgehead atoms. The Labute approximate surface area is 136 Å². The van der Waals surface area contributed by atoms with Crippen LogP contribution in [0.25, 0.3) is 0 Å². The number of benzene rings is 1. The Morgan fingerprint density at radius 3 is 2.43 bits per heavy atom. The lowest BCUT2D eigenvalue weighted by atomic mass is 9.90. The molecule has 1 aliphatic heterocycles. The monoisotopic (exact) mass is 321 g/mol. The smallest absolute Gasteiger partial charge is 0.311 e. The first-order valence-electron chi connectivity index (χ1n) is 7.83. The lowest BCUT2D eigenvalue weighted by Gasteiger charge is -2.20. The summed E-state index contributed by atoms with van der Waals surface area (Å²) in [5, 5.41) is 9.28. The van der Waals surface area contributed by atoms with Crippen molar-refractivity contribution in [2.24, 2.45) is 5.41 Å². The molecule has 23 heavy (non-hydrogen) atoms. The van der Waals surface area contributed by atoms with E-state index >= 15 is 0 Å². The van der Waals surface area contributed by atoms with Crippen LogP contribution in [0.1, 0.15) is 37.6 Å². The van der Waals surface area contributed by atoms with Gasteiger partial charge in [0.1, 0.15) is 0 Å². The standard InChI is InChI=1S/C17H23NO5/c1-4-22-13-7-6-12(10-14(13)23-5-2)15(19)18-9-8-17(3,11-18)16(20)21/h6-7,10H,4-5,8-9,11H2,1-3H3,(H,20,21)/t17-/m0/s1. The molecule has 6 nitrogen and oxygen atoms in total. The summed E-state index contributed by atoms with van der Waals surface area (Å²) >= 11 is 0. The normalized spacial score (nSPS) is 20.4. The highest BCUT2D eigenvalue weighted by atomic mass is 16.5. The third-order valence-electron chi connectivity index (χ3n) is 4.07. The number of rotatable bonds is 6. The van der Waals surface area contributed by atoms with Gasteiger partial charge in [-0.3, -0.25) is 9.59 Å². The lowest BCUT2D eigenvalue weighted by Crippen LogP contribution is -2.34. The van der Waals surface area contributed by atoms with Gasteiger partial charge in [-0.2, -0.15) is 0 Å². The second-order valence-electron chi connectivity index (χ2n) is 5.87. The summed E-state index contributed by atoms with van der Waals surface area (Å²) in [5.74, 6) is 0.0802. The number of carbonyl (C=O) groups excluding carboxylic acids is 1. The zero-order chi connectivity index (χ0) is 17.0. The Morgan fingerprint density at radius 1 is 1.22 bits per heavy atom. The van der Waals surface area contributed by atoms with Gasteiger partial charge in [0, 0.05) is 18.7 Å². The number of hydrogen-bond acceptors (Lipinski definition) is 4. The fourth-order valence-electron chi connectivity index (χ4n) is 2.68. The van der Waals surface area contributed by atoms with Crippen molar-refractivity contribution >= 4 is 11.9 Å². The molecule has 1 aromatic carbocycles. The summed E-state index contributed by atoms with van der Waals surface area (Å²) in [6.07, 6.45) is 0.462. The average molecular weight is 321 g/mol. The van der Waals surface area contributed by atoms with Crippen molar-refractivity contribution in [3.8, 4) is 11.5 Å². The summed E-state index contributed by atoms with van der Waals surface area (Å²) in [5.41, 5.74) is -0.393. The highest BCUT2D eigenvalue weighted by molar-refractivity contribution is 5.95. The van der Waals surface area contributed by atoms with Crippen LogP contribution in [0.5, 0.6) is 11.5 Å². The van der Waals surface area contributed by atoms with E-state index in [4.69, 9.17) is 9.47 Å². The molecular weight excluding hydrogens is 298 g/mol. The number of ether oxygens (including phenoxy) is 2. The van der Waals surface area contributed by atoms with E-state index < -0.39 is 11.4 Å². The molecule has 1 N–H and O–H groups in total. The van der Waals surface area contributed by atoms with E-state index in [1.807, 2.05) is 13.8 Å². The predicted molar refractivity (Wildman–Crippen MR) is 85.0 cm³/mol. The van der Waals surface area contributed by atoms with Crippen LogP contribution in [0.4, 0.5) is 0 Å². The van der Waals surface area contributed by atoms with E-state index in [0.29, 0.717) is 43.2 Å². The first-order valence-corrected chi connectivity index (χ1v) is 7.83. The minimum absolute atomic E-state index is 0.182. The first kappa shape index (κ1) is 17.1. The quantitative estimate of drug-likeness (QED) is 0.871. The zero-order valence-electron chi connectivity index (χ0n) is 13.8. The van der Waals surface area contributed by atoms with Gasteiger partial charge in [-0.15, -0.1) is 0 Å². The van der Waals surface area contributed by atoms with E-state index in [1.54, 1.807) is 30.0 Å². The Morgan fingerprint density at radius 2 is 1.87 bits per heavy atom. The molecule has 0 radical (unpaired) electrons. The summed E-state index contributed by atoms with van der Waals surface area (Å²) in [6, 6.07) is 5.06. The van der Waals surface area contributed by atoms with E-state index in [2.05, 4.69) is 0 Å². The Hall–Kier alpha value is -2.24. The maximum atomic E-state index is 12.6. The van der Waals surface area contributed by atoms with E-state index in [9.17, 15) is 14.7 Å². The second-order valence-corrected chi connectivity index (χ2v) is 5.87. The van der Waals surface area contributed by atoms with Crippen LogP contribution in [0.15, 0.2) is 18.2 Å². The predicted octanol–water partition coefficient (Wildman–Crippen LogP) is 2.42. The molecule has 1 aromatic rings. The second kappa shape index (κ2) is 6.89. The topological polar surface area (TPSA) is 76.1 Å². The molecule has 1 heterocycles. The van der Waals surface area contributed by atoms with Crippen LogP contribution in [0.3, 0.4) is 0 Å². The number of carboxylic acids is 1. The summed E-state index contributed by atoms with van der Waals surface area (Å²) in [4.78, 5) is 25.5. The molecule has 1 amide bonds. The number of nitrogens with zero attached hydrogens (tertiary/aromatic N) is 1. The molecule has 0 spiro atoms. The van der Waals surface area contributed by atoms with Crippen molar-refractivity contribution in [1.82, 2.24) is 4.90 Å². The molecule has 0 aromatic heterocycles. The Kier molecular flexibility index (Phi) is 5.13. The van der Waals surface area contributed by atoms with Crippen LogP contribution >= 0.6 is 0 Å². The Bertz CT molecular complexity index is 601. The zero-order valence-corrected chi connectivity index (χ0v) is 13.8. The van der Waals surface area contributed by atoms with Gasteiger partial charge in [0.15, 0.2) is 11.5 Å². The molecule has 1 aliphatic rings. The van der Waals surface area contributed by atoms with E-state index in [-0.39, 0.29) is 12.5 Å². The van der Waals surface area contributed by atoms with Gasteiger partial charge in [-0.25, -0.2) is 0 Å². The fourth-order valence-corrected chi connectivity index (χ4v) is 2.68. The Balaban J connectivity index is 2.20. The molecule has 2 rings (SSSR count). The van der Waals surface area contributed by atoms with Gasteiger partial charge in [-0.05, 0) is 45.4 Å². The minimum atomic E-state index is -0.871. The van der Waals surface area contributed by atoms with Gasteiger partial charge in [0.05, 0.1) is 18.6 Å². The molecule has 1 atom stereocenters. The maximum absolute atomic E-state index is 12.6. The third kappa shape index (κ3) is 3.57. The highest BCUT2D eigenvalue weighted by Gasteiger charge is 2.42. The molecule has 0 aliphatic carbocycles. The van der Waals surface area contributed by atoms with Crippen LogP contribution < -0.4 is 9.47 Å². The average Bonchev–Trinajstić information content (AvgIpc) is 2.93. The molecule has 0 saturated carbocycles. The molecule has 1 saturated heterocycles. The summed E-state index contributed by atoms with van der Waals surface area (Å²) < 4.78 is 11.0. The van der Waals surface area contributed by atoms with Crippen LogP contribution in [0, 0.1) is 5.41 Å². The van der Waals surface area contributed by atoms with Crippen LogP contribution in [-0.2, 0) is 4.79 Å². The number of hydrogen-bond donors (Lipinski definition) is 1. The van der Waals surface area contributed by atoms with E-state index in [1.165, 1.54) is 0 Å². The van der Waals surface area contributed by atoms with Crippen molar-refractivity contribution < 1.29 is 24.2 Å². The number of aliphatic carboxylic acids is 1. The van der Waals surface area contributed by atoms with Crippen molar-refractivity contribution in [1.29, 1.82) is 0 Å². The summed E-state index contributed by atoms with van der Waals surface area (Å²) in [6.45, 7) is 7.06. The molecular formula is C17H23NO5. The number of carbonyl (C=O) groups is 2. The van der Waals surface area contributed by atoms with Crippen molar-refractivity contribution in [3.05, 3.63) is 23.8 Å². The molecule has 126 valence electrons. The molecule has 6 heteroatoms.